The maximum absolute atomic E-state index is 14.4. The molecular formula is C24H29F6N7O3. The fourth-order valence-corrected chi connectivity index (χ4v) is 4.08. The summed E-state index contributed by atoms with van der Waals surface area (Å²) in [6.45, 7) is 4.10. The number of nitrogens with zero attached hydrogens (tertiary/aromatic N) is 4. The summed E-state index contributed by atoms with van der Waals surface area (Å²) >= 11 is 0. The molecule has 1 aliphatic heterocycles. The van der Waals surface area contributed by atoms with Crippen molar-refractivity contribution in [1.29, 1.82) is 0 Å². The van der Waals surface area contributed by atoms with Gasteiger partial charge >= 0.3 is 6.18 Å². The van der Waals surface area contributed by atoms with Gasteiger partial charge in [-0.3, -0.25) is 14.4 Å². The van der Waals surface area contributed by atoms with Gasteiger partial charge in [0.2, 0.25) is 23.5 Å². The van der Waals surface area contributed by atoms with E-state index in [1.54, 1.807) is 13.8 Å². The fourth-order valence-electron chi connectivity index (χ4n) is 4.08. The van der Waals surface area contributed by atoms with E-state index in [1.807, 2.05) is 0 Å². The summed E-state index contributed by atoms with van der Waals surface area (Å²) in [7, 11) is 0. The number of carbonyl (C=O) groups excluding carboxylic acids is 3. The molecular weight excluding hydrogens is 548 g/mol. The van der Waals surface area contributed by atoms with Crippen molar-refractivity contribution in [2.24, 2.45) is 11.7 Å². The third kappa shape index (κ3) is 7.28. The number of nitrogens with one attached hydrogen (secondary N) is 2. The van der Waals surface area contributed by atoms with Gasteiger partial charge < -0.3 is 25.8 Å². The van der Waals surface area contributed by atoms with Gasteiger partial charge in [0.25, 0.3) is 0 Å². The number of hydrogen-bond acceptors (Lipinski definition) is 6. The topological polar surface area (TPSA) is 135 Å². The summed E-state index contributed by atoms with van der Waals surface area (Å²) in [6.07, 6.45) is -5.64. The second kappa shape index (κ2) is 12.2. The van der Waals surface area contributed by atoms with Crippen LogP contribution >= 0.6 is 0 Å². The van der Waals surface area contributed by atoms with Crippen molar-refractivity contribution in [2.75, 3.05) is 6.54 Å². The van der Waals surface area contributed by atoms with E-state index >= 15 is 0 Å². The van der Waals surface area contributed by atoms with Crippen molar-refractivity contribution < 1.29 is 40.7 Å². The molecule has 1 aliphatic rings. The standard InChI is InChI=1S/C24H29F6N7O3/c1-11(2)20(31)22(40)32-12(3)21(39)33-14(6-13-7-16(26)17(27)9-15(13)25)8-19(38)36-4-5-37-18(10-36)34-35-23(37)24(28,29)30/h7,9,11-12,14,20H,4-6,8,10,31H2,1-3H3,(H,32,40)(H,33,39). The average molecular weight is 578 g/mol. The Labute approximate surface area is 225 Å². The van der Waals surface area contributed by atoms with Crippen LogP contribution in [-0.4, -0.2) is 62.1 Å². The van der Waals surface area contributed by atoms with Crippen LogP contribution in [-0.2, 0) is 40.1 Å². The van der Waals surface area contributed by atoms with Crippen molar-refractivity contribution in [1.82, 2.24) is 30.3 Å². The molecule has 40 heavy (non-hydrogen) atoms. The number of nitrogens with two attached hydrogens (primary N) is 1. The van der Waals surface area contributed by atoms with Gasteiger partial charge in [0.1, 0.15) is 11.9 Å². The van der Waals surface area contributed by atoms with E-state index < -0.39 is 78.1 Å². The molecule has 220 valence electrons. The molecule has 0 saturated heterocycles. The lowest BCUT2D eigenvalue weighted by atomic mass is 10.0. The molecule has 0 spiro atoms. The molecule has 3 unspecified atom stereocenters. The minimum Gasteiger partial charge on any atom is -0.351 e. The summed E-state index contributed by atoms with van der Waals surface area (Å²) < 4.78 is 81.8. The van der Waals surface area contributed by atoms with E-state index in [1.165, 1.54) is 11.8 Å². The molecule has 3 atom stereocenters. The fraction of sp³-hybridized carbons (Fsp3) is 0.542. The Morgan fingerprint density at radius 2 is 1.62 bits per heavy atom. The number of aromatic nitrogens is 3. The van der Waals surface area contributed by atoms with Crippen LogP contribution in [0.4, 0.5) is 26.3 Å². The summed E-state index contributed by atoms with van der Waals surface area (Å²) in [5, 5.41) is 11.6. The number of carbonyl (C=O) groups is 3. The number of benzene rings is 1. The van der Waals surface area contributed by atoms with Gasteiger partial charge in [-0.1, -0.05) is 13.8 Å². The third-order valence-electron chi connectivity index (χ3n) is 6.46. The van der Waals surface area contributed by atoms with Crippen LogP contribution in [0.2, 0.25) is 0 Å². The van der Waals surface area contributed by atoms with Crippen molar-refractivity contribution in [3.63, 3.8) is 0 Å². The molecule has 10 nitrogen and oxygen atoms in total. The van der Waals surface area contributed by atoms with Crippen LogP contribution in [0.15, 0.2) is 12.1 Å². The average Bonchev–Trinajstić information content (AvgIpc) is 3.30. The Hall–Kier alpha value is -3.69. The Morgan fingerprint density at radius 1 is 0.975 bits per heavy atom. The summed E-state index contributed by atoms with van der Waals surface area (Å²) in [6, 6.07) is -2.26. The Bertz CT molecular complexity index is 1270. The zero-order valence-electron chi connectivity index (χ0n) is 21.9. The molecule has 0 fully saturated rings. The lowest BCUT2D eigenvalue weighted by Crippen LogP contribution is -2.54. The SMILES string of the molecule is CC(NC(=O)C(N)C(C)C)C(=O)NC(CC(=O)N1CCn2c(nnc2C(F)(F)F)C1)Cc1cc(F)c(F)cc1F. The molecule has 0 saturated carbocycles. The molecule has 3 rings (SSSR count). The molecule has 3 amide bonds. The first-order valence-electron chi connectivity index (χ1n) is 12.3. The van der Waals surface area contributed by atoms with Crippen LogP contribution in [0.3, 0.4) is 0 Å². The Morgan fingerprint density at radius 3 is 2.25 bits per heavy atom. The molecule has 0 aliphatic carbocycles. The van der Waals surface area contributed by atoms with E-state index in [-0.39, 0.29) is 36.9 Å². The highest BCUT2D eigenvalue weighted by Crippen LogP contribution is 2.29. The number of hydrogen-bond donors (Lipinski definition) is 3. The van der Waals surface area contributed by atoms with Crippen LogP contribution in [0.25, 0.3) is 0 Å². The molecule has 16 heteroatoms. The third-order valence-corrected chi connectivity index (χ3v) is 6.46. The highest BCUT2D eigenvalue weighted by Gasteiger charge is 2.40. The first-order chi connectivity index (χ1) is 18.6. The van der Waals surface area contributed by atoms with Crippen LogP contribution in [0, 0.1) is 23.4 Å². The largest absolute Gasteiger partial charge is 0.451 e. The van der Waals surface area contributed by atoms with Gasteiger partial charge in [-0.05, 0) is 30.9 Å². The molecule has 1 aromatic carbocycles. The van der Waals surface area contributed by atoms with Crippen molar-refractivity contribution in [3.8, 4) is 0 Å². The Kier molecular flexibility index (Phi) is 9.43. The van der Waals surface area contributed by atoms with E-state index in [2.05, 4.69) is 20.8 Å². The lowest BCUT2D eigenvalue weighted by Gasteiger charge is -2.30. The highest BCUT2D eigenvalue weighted by atomic mass is 19.4. The van der Waals surface area contributed by atoms with Crippen LogP contribution in [0.5, 0.6) is 0 Å². The predicted molar refractivity (Wildman–Crippen MR) is 127 cm³/mol. The zero-order chi connectivity index (χ0) is 29.9. The number of alkyl halides is 3. The summed E-state index contributed by atoms with van der Waals surface area (Å²) in [5.74, 6) is -7.39. The normalized spacial score (nSPS) is 15.8. The van der Waals surface area contributed by atoms with E-state index in [4.69, 9.17) is 5.73 Å². The molecule has 0 bridgehead atoms. The van der Waals surface area contributed by atoms with Crippen LogP contribution in [0.1, 0.15) is 44.4 Å². The van der Waals surface area contributed by atoms with Crippen molar-refractivity contribution in [3.05, 3.63) is 46.8 Å². The minimum atomic E-state index is -4.73. The number of amides is 3. The van der Waals surface area contributed by atoms with Crippen molar-refractivity contribution >= 4 is 17.7 Å². The number of fused-ring (bicyclic) bond motifs is 1. The maximum atomic E-state index is 14.4. The number of rotatable bonds is 9. The molecule has 2 heterocycles. The van der Waals surface area contributed by atoms with Gasteiger partial charge in [0.15, 0.2) is 17.5 Å². The van der Waals surface area contributed by atoms with E-state index in [9.17, 15) is 40.7 Å². The van der Waals surface area contributed by atoms with E-state index in [0.29, 0.717) is 12.1 Å². The maximum Gasteiger partial charge on any atom is 0.451 e. The lowest BCUT2D eigenvalue weighted by molar-refractivity contribution is -0.148. The van der Waals surface area contributed by atoms with Gasteiger partial charge in [0, 0.05) is 31.6 Å². The van der Waals surface area contributed by atoms with Gasteiger partial charge in [-0.25, -0.2) is 13.2 Å². The van der Waals surface area contributed by atoms with E-state index in [0.717, 1.165) is 4.57 Å². The monoisotopic (exact) mass is 577 g/mol. The molecule has 0 radical (unpaired) electrons. The predicted octanol–water partition coefficient (Wildman–Crippen LogP) is 1.66. The van der Waals surface area contributed by atoms with Gasteiger partial charge in [-0.15, -0.1) is 10.2 Å². The van der Waals surface area contributed by atoms with Gasteiger partial charge in [-0.2, -0.15) is 13.2 Å². The van der Waals surface area contributed by atoms with Crippen LogP contribution < -0.4 is 16.4 Å². The quantitative estimate of drug-likeness (QED) is 0.307. The summed E-state index contributed by atoms with van der Waals surface area (Å²) in [4.78, 5) is 39.4. The second-order valence-electron chi connectivity index (χ2n) is 9.88. The molecule has 4 N–H and O–H groups in total. The number of halogens is 6. The second-order valence-corrected chi connectivity index (χ2v) is 9.88. The minimum absolute atomic E-state index is 0.100. The van der Waals surface area contributed by atoms with Crippen molar-refractivity contribution in [2.45, 2.75) is 71.0 Å². The first-order valence-corrected chi connectivity index (χ1v) is 12.3. The first kappa shape index (κ1) is 30.8. The zero-order valence-corrected chi connectivity index (χ0v) is 21.9. The smallest absolute Gasteiger partial charge is 0.351 e. The summed E-state index contributed by atoms with van der Waals surface area (Å²) in [5.41, 5.74) is 5.46. The Balaban J connectivity index is 1.76. The molecule has 2 aromatic rings. The van der Waals surface area contributed by atoms with Gasteiger partial charge in [0.05, 0.1) is 12.6 Å². The highest BCUT2D eigenvalue weighted by molar-refractivity contribution is 5.90. The molecule has 1 aromatic heterocycles.